The Morgan fingerprint density at radius 1 is 1.39 bits per heavy atom. The summed E-state index contributed by atoms with van der Waals surface area (Å²) in [6.07, 6.45) is 1.05. The minimum absolute atomic E-state index is 0.109. The molecule has 18 heavy (non-hydrogen) atoms. The number of rotatable bonds is 5. The third-order valence-electron chi connectivity index (χ3n) is 3.81. The predicted molar refractivity (Wildman–Crippen MR) is 72.9 cm³/mol. The third-order valence-corrected chi connectivity index (χ3v) is 3.81. The van der Waals surface area contributed by atoms with Crippen molar-refractivity contribution >= 4 is 0 Å². The van der Waals surface area contributed by atoms with Gasteiger partial charge in [0.1, 0.15) is 5.75 Å². The molecule has 0 amide bonds. The molecule has 0 atom stereocenters. The lowest BCUT2D eigenvalue weighted by Crippen LogP contribution is -2.50. The molecule has 0 radical (unpaired) electrons. The minimum Gasteiger partial charge on any atom is -0.497 e. The van der Waals surface area contributed by atoms with Gasteiger partial charge in [0, 0.05) is 5.41 Å². The van der Waals surface area contributed by atoms with Crippen LogP contribution in [0, 0.1) is 5.41 Å². The molecular weight excluding hydrogens is 226 g/mol. The van der Waals surface area contributed by atoms with Crippen molar-refractivity contribution in [1.82, 2.24) is 0 Å². The van der Waals surface area contributed by atoms with Crippen LogP contribution >= 0.6 is 0 Å². The SMILES string of the molecule is COc1cccc(C2(CC(C)(C)CN)COC2)c1. The van der Waals surface area contributed by atoms with Crippen molar-refractivity contribution in [3.63, 3.8) is 0 Å². The molecule has 3 heteroatoms. The molecule has 0 spiro atoms. The second-order valence-corrected chi connectivity index (χ2v) is 6.05. The summed E-state index contributed by atoms with van der Waals surface area (Å²) in [6.45, 7) is 6.69. The van der Waals surface area contributed by atoms with Gasteiger partial charge in [-0.1, -0.05) is 26.0 Å². The zero-order chi connectivity index (χ0) is 13.2. The standard InChI is InChI=1S/C15H23NO2/c1-14(2,9-16)8-15(10-18-11-15)12-5-4-6-13(7-12)17-3/h4-7H,8-11,16H2,1-3H3. The van der Waals surface area contributed by atoms with Crippen LogP contribution in [0.3, 0.4) is 0 Å². The van der Waals surface area contributed by atoms with Gasteiger partial charge in [-0.25, -0.2) is 0 Å². The van der Waals surface area contributed by atoms with Crippen molar-refractivity contribution < 1.29 is 9.47 Å². The molecule has 0 aromatic heterocycles. The summed E-state index contributed by atoms with van der Waals surface area (Å²) in [7, 11) is 1.70. The Labute approximate surface area is 109 Å². The molecule has 0 saturated carbocycles. The van der Waals surface area contributed by atoms with Crippen molar-refractivity contribution in [1.29, 1.82) is 0 Å². The van der Waals surface area contributed by atoms with Gasteiger partial charge < -0.3 is 15.2 Å². The highest BCUT2D eigenvalue weighted by atomic mass is 16.5. The monoisotopic (exact) mass is 249 g/mol. The maximum Gasteiger partial charge on any atom is 0.119 e. The average molecular weight is 249 g/mol. The van der Waals surface area contributed by atoms with Crippen molar-refractivity contribution in [2.45, 2.75) is 25.7 Å². The van der Waals surface area contributed by atoms with Crippen molar-refractivity contribution in [2.75, 3.05) is 26.9 Å². The summed E-state index contributed by atoms with van der Waals surface area (Å²) in [6, 6.07) is 8.31. The van der Waals surface area contributed by atoms with Gasteiger partial charge in [0.25, 0.3) is 0 Å². The van der Waals surface area contributed by atoms with E-state index in [4.69, 9.17) is 15.2 Å². The normalized spacial score (nSPS) is 18.2. The van der Waals surface area contributed by atoms with E-state index >= 15 is 0 Å². The topological polar surface area (TPSA) is 44.5 Å². The highest BCUT2D eigenvalue weighted by molar-refractivity contribution is 5.35. The second-order valence-electron chi connectivity index (χ2n) is 6.05. The number of ether oxygens (including phenoxy) is 2. The van der Waals surface area contributed by atoms with Crippen LogP contribution in [-0.2, 0) is 10.2 Å². The molecule has 1 fully saturated rings. The highest BCUT2D eigenvalue weighted by Crippen LogP contribution is 2.42. The third kappa shape index (κ3) is 2.52. The van der Waals surface area contributed by atoms with E-state index in [9.17, 15) is 0 Å². The Morgan fingerprint density at radius 2 is 2.11 bits per heavy atom. The lowest BCUT2D eigenvalue weighted by atomic mass is 9.67. The van der Waals surface area contributed by atoms with E-state index in [-0.39, 0.29) is 10.8 Å². The highest BCUT2D eigenvalue weighted by Gasteiger charge is 2.44. The minimum atomic E-state index is 0.109. The van der Waals surface area contributed by atoms with Crippen LogP contribution in [-0.4, -0.2) is 26.9 Å². The first kappa shape index (κ1) is 13.4. The second kappa shape index (κ2) is 4.90. The molecule has 0 aliphatic carbocycles. The molecule has 0 unspecified atom stereocenters. The van der Waals surface area contributed by atoms with E-state index in [1.807, 2.05) is 12.1 Å². The Bertz CT molecular complexity index is 411. The van der Waals surface area contributed by atoms with E-state index in [1.54, 1.807) is 7.11 Å². The van der Waals surface area contributed by atoms with E-state index in [1.165, 1.54) is 5.56 Å². The van der Waals surface area contributed by atoms with Crippen LogP contribution in [0.1, 0.15) is 25.8 Å². The summed E-state index contributed by atoms with van der Waals surface area (Å²) >= 11 is 0. The lowest BCUT2D eigenvalue weighted by Gasteiger charge is -2.46. The van der Waals surface area contributed by atoms with Gasteiger partial charge in [0.15, 0.2) is 0 Å². The van der Waals surface area contributed by atoms with Crippen LogP contribution in [0.25, 0.3) is 0 Å². The van der Waals surface area contributed by atoms with Crippen molar-refractivity contribution in [3.8, 4) is 5.75 Å². The maximum atomic E-state index is 5.86. The molecule has 0 bridgehead atoms. The predicted octanol–water partition coefficient (Wildman–Crippen LogP) is 2.34. The number of hydrogen-bond acceptors (Lipinski definition) is 3. The number of benzene rings is 1. The largest absolute Gasteiger partial charge is 0.497 e. The summed E-state index contributed by atoms with van der Waals surface area (Å²) < 4.78 is 10.8. The number of nitrogens with two attached hydrogens (primary N) is 1. The maximum absolute atomic E-state index is 5.86. The van der Waals surface area contributed by atoms with E-state index in [2.05, 4.69) is 26.0 Å². The smallest absolute Gasteiger partial charge is 0.119 e. The van der Waals surface area contributed by atoms with Gasteiger partial charge in [-0.15, -0.1) is 0 Å². The summed E-state index contributed by atoms with van der Waals surface area (Å²) in [4.78, 5) is 0. The van der Waals surface area contributed by atoms with Gasteiger partial charge in [-0.05, 0) is 36.1 Å². The molecule has 100 valence electrons. The van der Waals surface area contributed by atoms with Crippen molar-refractivity contribution in [2.24, 2.45) is 11.1 Å². The summed E-state index contributed by atoms with van der Waals surface area (Å²) in [5.41, 5.74) is 7.40. The molecule has 3 nitrogen and oxygen atoms in total. The van der Waals surface area contributed by atoms with Gasteiger partial charge in [0.05, 0.1) is 20.3 Å². The van der Waals surface area contributed by atoms with Crippen molar-refractivity contribution in [3.05, 3.63) is 29.8 Å². The average Bonchev–Trinajstić information content (AvgIpc) is 2.34. The molecule has 1 saturated heterocycles. The first-order valence-corrected chi connectivity index (χ1v) is 6.44. The Hall–Kier alpha value is -1.06. The van der Waals surface area contributed by atoms with Gasteiger partial charge in [-0.2, -0.15) is 0 Å². The number of methoxy groups -OCH3 is 1. The molecule has 1 heterocycles. The molecule has 2 rings (SSSR count). The molecule has 1 aromatic rings. The number of hydrogen-bond donors (Lipinski definition) is 1. The van der Waals surface area contributed by atoms with Crippen LogP contribution in [0.2, 0.25) is 0 Å². The quantitative estimate of drug-likeness (QED) is 0.871. The van der Waals surface area contributed by atoms with Crippen LogP contribution in [0.4, 0.5) is 0 Å². The molecule has 2 N–H and O–H groups in total. The van der Waals surface area contributed by atoms with Gasteiger partial charge >= 0.3 is 0 Å². The summed E-state index contributed by atoms with van der Waals surface area (Å²) in [5.74, 6) is 0.907. The van der Waals surface area contributed by atoms with E-state index in [0.717, 1.165) is 25.4 Å². The Balaban J connectivity index is 2.26. The van der Waals surface area contributed by atoms with Gasteiger partial charge in [-0.3, -0.25) is 0 Å². The zero-order valence-electron chi connectivity index (χ0n) is 11.5. The molecular formula is C15H23NO2. The summed E-state index contributed by atoms with van der Waals surface area (Å²) in [5, 5.41) is 0. The van der Waals surface area contributed by atoms with Gasteiger partial charge in [0.2, 0.25) is 0 Å². The van der Waals surface area contributed by atoms with Crippen LogP contribution < -0.4 is 10.5 Å². The lowest BCUT2D eigenvalue weighted by molar-refractivity contribution is -0.0786. The zero-order valence-corrected chi connectivity index (χ0v) is 11.5. The van der Waals surface area contributed by atoms with E-state index in [0.29, 0.717) is 6.54 Å². The fourth-order valence-corrected chi connectivity index (χ4v) is 2.66. The first-order chi connectivity index (χ1) is 8.51. The van der Waals surface area contributed by atoms with Crippen LogP contribution in [0.5, 0.6) is 5.75 Å². The molecule has 1 aromatic carbocycles. The van der Waals surface area contributed by atoms with E-state index < -0.39 is 0 Å². The fraction of sp³-hybridized carbons (Fsp3) is 0.600. The molecule has 1 aliphatic heterocycles. The molecule has 1 aliphatic rings. The fourth-order valence-electron chi connectivity index (χ4n) is 2.66. The Morgan fingerprint density at radius 3 is 2.61 bits per heavy atom. The van der Waals surface area contributed by atoms with Crippen LogP contribution in [0.15, 0.2) is 24.3 Å². The Kier molecular flexibility index (Phi) is 3.64. The first-order valence-electron chi connectivity index (χ1n) is 6.44.